The Morgan fingerprint density at radius 1 is 0.850 bits per heavy atom. The minimum absolute atomic E-state index is 0.257. The molecule has 0 N–H and O–H groups in total. The van der Waals surface area contributed by atoms with Crippen LogP contribution in [0.15, 0.2) is 41.2 Å². The van der Waals surface area contributed by atoms with E-state index in [1.165, 1.54) is 0 Å². The van der Waals surface area contributed by atoms with Crippen molar-refractivity contribution < 1.29 is 35.5 Å². The first-order chi connectivity index (χ1) is 9.19. The molecule has 20 heavy (non-hydrogen) atoms. The maximum absolute atomic E-state index is 12.8. The van der Waals surface area contributed by atoms with Crippen molar-refractivity contribution in [3.63, 3.8) is 0 Å². The molecule has 8 heteroatoms. The van der Waals surface area contributed by atoms with Crippen molar-refractivity contribution in [2.75, 3.05) is 0 Å². The summed E-state index contributed by atoms with van der Waals surface area (Å²) >= 11 is 0. The molecule has 1 heterocycles. The lowest BCUT2D eigenvalue weighted by Gasteiger charge is -2.17. The molecule has 0 fully saturated rings. The van der Waals surface area contributed by atoms with E-state index in [1.54, 1.807) is 0 Å². The maximum atomic E-state index is 12.8. The van der Waals surface area contributed by atoms with Gasteiger partial charge in [-0.25, -0.2) is 0 Å². The van der Waals surface area contributed by atoms with Crippen molar-refractivity contribution in [1.82, 2.24) is 0 Å². The van der Waals surface area contributed by atoms with Gasteiger partial charge >= 0.3 is 12.4 Å². The fraction of sp³-hybridized carbons (Fsp3) is 0.167. The molecule has 2 nitrogen and oxygen atoms in total. The first kappa shape index (κ1) is 14.3. The minimum atomic E-state index is -4.97. The van der Waals surface area contributed by atoms with Crippen LogP contribution in [0, 0.1) is 0 Å². The fourth-order valence-corrected chi connectivity index (χ4v) is 1.52. The standard InChI is InChI=1S/C12H6F6O2/c13-11(14,15)8-2-1-3-9(12(16,17)18)10(8)20-7-4-5-19-6-7/h1-6H. The fourth-order valence-electron chi connectivity index (χ4n) is 1.52. The van der Waals surface area contributed by atoms with Crippen LogP contribution in [0.2, 0.25) is 0 Å². The Kier molecular flexibility index (Phi) is 3.41. The number of ether oxygens (including phenoxy) is 1. The molecule has 0 aliphatic carbocycles. The number of alkyl halides is 6. The van der Waals surface area contributed by atoms with Crippen molar-refractivity contribution >= 4 is 0 Å². The monoisotopic (exact) mass is 296 g/mol. The van der Waals surface area contributed by atoms with Crippen LogP contribution in [0.3, 0.4) is 0 Å². The summed E-state index contributed by atoms with van der Waals surface area (Å²) in [5.74, 6) is -1.55. The van der Waals surface area contributed by atoms with Gasteiger partial charge < -0.3 is 9.15 Å². The lowest BCUT2D eigenvalue weighted by Crippen LogP contribution is -2.13. The summed E-state index contributed by atoms with van der Waals surface area (Å²) in [5, 5.41) is 0. The van der Waals surface area contributed by atoms with Gasteiger partial charge in [0.05, 0.1) is 17.4 Å². The third-order valence-corrected chi connectivity index (χ3v) is 2.34. The van der Waals surface area contributed by atoms with Crippen molar-refractivity contribution in [1.29, 1.82) is 0 Å². The Morgan fingerprint density at radius 3 is 1.80 bits per heavy atom. The van der Waals surface area contributed by atoms with E-state index in [9.17, 15) is 26.3 Å². The highest BCUT2D eigenvalue weighted by atomic mass is 19.4. The van der Waals surface area contributed by atoms with Gasteiger partial charge in [0.25, 0.3) is 0 Å². The normalized spacial score (nSPS) is 12.5. The highest BCUT2D eigenvalue weighted by molar-refractivity contribution is 5.47. The Balaban J connectivity index is 2.59. The zero-order valence-electron chi connectivity index (χ0n) is 9.55. The molecule has 0 unspecified atom stereocenters. The van der Waals surface area contributed by atoms with Crippen LogP contribution in [0.25, 0.3) is 0 Å². The summed E-state index contributed by atoms with van der Waals surface area (Å²) in [7, 11) is 0. The molecule has 0 saturated heterocycles. The van der Waals surface area contributed by atoms with Crippen molar-refractivity contribution in [2.24, 2.45) is 0 Å². The number of hydrogen-bond acceptors (Lipinski definition) is 2. The van der Waals surface area contributed by atoms with Crippen LogP contribution in [-0.4, -0.2) is 0 Å². The van der Waals surface area contributed by atoms with Gasteiger partial charge in [-0.1, -0.05) is 6.07 Å². The van der Waals surface area contributed by atoms with E-state index in [0.717, 1.165) is 18.6 Å². The highest BCUT2D eigenvalue weighted by Gasteiger charge is 2.42. The Bertz CT molecular complexity index is 551. The van der Waals surface area contributed by atoms with E-state index in [4.69, 9.17) is 4.74 Å². The van der Waals surface area contributed by atoms with Gasteiger partial charge in [0.2, 0.25) is 0 Å². The summed E-state index contributed by atoms with van der Waals surface area (Å²) in [6.45, 7) is 0. The predicted molar refractivity (Wildman–Crippen MR) is 55.2 cm³/mol. The zero-order chi connectivity index (χ0) is 15.0. The molecule has 0 spiro atoms. The predicted octanol–water partition coefficient (Wildman–Crippen LogP) is 5.11. The number of para-hydroxylation sites is 1. The van der Waals surface area contributed by atoms with Crippen LogP contribution in [0.4, 0.5) is 26.3 Å². The van der Waals surface area contributed by atoms with Crippen LogP contribution in [0.1, 0.15) is 11.1 Å². The molecular weight excluding hydrogens is 290 g/mol. The first-order valence-corrected chi connectivity index (χ1v) is 5.17. The quantitative estimate of drug-likeness (QED) is 0.718. The maximum Gasteiger partial charge on any atom is 0.420 e. The Hall–Kier alpha value is -2.12. The smallest absolute Gasteiger partial charge is 0.420 e. The molecule has 1 aromatic heterocycles. The molecule has 0 saturated carbocycles. The average Bonchev–Trinajstić information content (AvgIpc) is 2.79. The van der Waals surface area contributed by atoms with Crippen LogP contribution < -0.4 is 4.74 Å². The van der Waals surface area contributed by atoms with Crippen LogP contribution >= 0.6 is 0 Å². The molecular formula is C12H6F6O2. The molecule has 0 aliphatic heterocycles. The molecule has 108 valence electrons. The van der Waals surface area contributed by atoms with Crippen LogP contribution in [0.5, 0.6) is 11.5 Å². The second-order valence-electron chi connectivity index (χ2n) is 3.74. The third kappa shape index (κ3) is 2.89. The molecule has 0 bridgehead atoms. The number of benzene rings is 1. The summed E-state index contributed by atoms with van der Waals surface area (Å²) in [6, 6.07) is 2.82. The minimum Gasteiger partial charge on any atom is -0.469 e. The average molecular weight is 296 g/mol. The number of halogens is 6. The largest absolute Gasteiger partial charge is 0.469 e. The van der Waals surface area contributed by atoms with E-state index in [0.29, 0.717) is 18.2 Å². The van der Waals surface area contributed by atoms with Crippen LogP contribution in [-0.2, 0) is 12.4 Å². The molecule has 0 radical (unpaired) electrons. The van der Waals surface area contributed by atoms with E-state index in [2.05, 4.69) is 4.42 Å². The summed E-state index contributed by atoms with van der Waals surface area (Å²) in [4.78, 5) is 0. The molecule has 0 amide bonds. The van der Waals surface area contributed by atoms with Gasteiger partial charge in [-0.2, -0.15) is 26.3 Å². The van der Waals surface area contributed by atoms with Crippen molar-refractivity contribution in [2.45, 2.75) is 12.4 Å². The van der Waals surface area contributed by atoms with E-state index in [-0.39, 0.29) is 5.75 Å². The van der Waals surface area contributed by atoms with E-state index < -0.39 is 29.2 Å². The van der Waals surface area contributed by atoms with Gasteiger partial charge in [-0.3, -0.25) is 0 Å². The molecule has 0 aliphatic rings. The molecule has 0 atom stereocenters. The zero-order valence-corrected chi connectivity index (χ0v) is 9.55. The first-order valence-electron chi connectivity index (χ1n) is 5.17. The summed E-state index contributed by atoms with van der Waals surface area (Å²) in [6.07, 6.45) is -7.98. The Morgan fingerprint density at radius 2 is 1.40 bits per heavy atom. The molecule has 2 rings (SSSR count). The third-order valence-electron chi connectivity index (χ3n) is 2.34. The van der Waals surface area contributed by atoms with Gasteiger partial charge in [0.15, 0.2) is 11.5 Å². The summed E-state index contributed by atoms with van der Waals surface area (Å²) in [5.41, 5.74) is -3.01. The van der Waals surface area contributed by atoms with Gasteiger partial charge in [0.1, 0.15) is 6.26 Å². The van der Waals surface area contributed by atoms with Gasteiger partial charge in [-0.15, -0.1) is 0 Å². The number of rotatable bonds is 2. The van der Waals surface area contributed by atoms with Gasteiger partial charge in [-0.05, 0) is 12.1 Å². The van der Waals surface area contributed by atoms with E-state index in [1.807, 2.05) is 0 Å². The number of hydrogen-bond donors (Lipinski definition) is 0. The highest BCUT2D eigenvalue weighted by Crippen LogP contribution is 2.45. The lowest BCUT2D eigenvalue weighted by molar-refractivity contribution is -0.144. The Labute approximate surface area is 108 Å². The van der Waals surface area contributed by atoms with Crippen molar-refractivity contribution in [3.05, 3.63) is 47.9 Å². The number of furan rings is 1. The molecule has 1 aromatic carbocycles. The van der Waals surface area contributed by atoms with Gasteiger partial charge in [0, 0.05) is 6.07 Å². The molecule has 2 aromatic rings. The van der Waals surface area contributed by atoms with E-state index >= 15 is 0 Å². The summed E-state index contributed by atoms with van der Waals surface area (Å²) < 4.78 is 85.9. The second kappa shape index (κ2) is 4.77. The SMILES string of the molecule is FC(F)(F)c1cccc(C(F)(F)F)c1Oc1ccoc1. The second-order valence-corrected chi connectivity index (χ2v) is 3.74. The topological polar surface area (TPSA) is 22.4 Å². The lowest BCUT2D eigenvalue weighted by atomic mass is 10.1. The van der Waals surface area contributed by atoms with Crippen molar-refractivity contribution in [3.8, 4) is 11.5 Å².